The fourth-order valence-corrected chi connectivity index (χ4v) is 1.42. The van der Waals surface area contributed by atoms with Gasteiger partial charge in [-0.15, -0.1) is 0 Å². The van der Waals surface area contributed by atoms with E-state index < -0.39 is 29.2 Å². The highest BCUT2D eigenvalue weighted by molar-refractivity contribution is 9.10. The van der Waals surface area contributed by atoms with Crippen molar-refractivity contribution < 1.29 is 18.7 Å². The van der Waals surface area contributed by atoms with Gasteiger partial charge in [0.15, 0.2) is 0 Å². The summed E-state index contributed by atoms with van der Waals surface area (Å²) >= 11 is 2.74. The van der Waals surface area contributed by atoms with Crippen molar-refractivity contribution in [1.82, 2.24) is 4.98 Å². The first kappa shape index (κ1) is 10.8. The number of hydrogen-bond acceptors (Lipinski definition) is 3. The van der Waals surface area contributed by atoms with Gasteiger partial charge in [0.2, 0.25) is 0 Å². The third kappa shape index (κ3) is 1.82. The molecule has 0 aliphatic carbocycles. The van der Waals surface area contributed by atoms with Crippen molar-refractivity contribution in [3.05, 3.63) is 21.9 Å². The number of rotatable bonds is 2. The first-order chi connectivity index (χ1) is 6.45. The largest absolute Gasteiger partial charge is 0.505 e. The molecular formula is C7H5BrF2N2O2. The van der Waals surface area contributed by atoms with E-state index in [0.717, 1.165) is 6.20 Å². The third-order valence-corrected chi connectivity index (χ3v) is 2.14. The minimum atomic E-state index is -2.94. The molecule has 0 atom stereocenters. The maximum absolute atomic E-state index is 12.4. The van der Waals surface area contributed by atoms with Crippen molar-refractivity contribution in [3.8, 4) is 5.75 Å². The zero-order valence-electron chi connectivity index (χ0n) is 6.67. The SMILES string of the molecule is NC(=O)c1c(O)cnc(Br)c1C(F)F. The molecule has 0 unspecified atom stereocenters. The molecule has 0 spiro atoms. The number of aromatic hydroxyl groups is 1. The van der Waals surface area contributed by atoms with E-state index in [1.165, 1.54) is 0 Å². The van der Waals surface area contributed by atoms with E-state index in [1.807, 2.05) is 0 Å². The number of alkyl halides is 2. The number of hydrogen-bond donors (Lipinski definition) is 2. The average Bonchev–Trinajstić information content (AvgIpc) is 2.07. The lowest BCUT2D eigenvalue weighted by molar-refractivity contribution is 0.0981. The lowest BCUT2D eigenvalue weighted by Crippen LogP contribution is -2.15. The molecule has 3 N–H and O–H groups in total. The van der Waals surface area contributed by atoms with Crippen LogP contribution in [-0.4, -0.2) is 16.0 Å². The quantitative estimate of drug-likeness (QED) is 0.799. The number of nitrogens with two attached hydrogens (primary N) is 1. The van der Waals surface area contributed by atoms with Crippen LogP contribution in [-0.2, 0) is 0 Å². The second-order valence-electron chi connectivity index (χ2n) is 2.39. The molecule has 4 nitrogen and oxygen atoms in total. The lowest BCUT2D eigenvalue weighted by Gasteiger charge is -2.08. The molecule has 0 radical (unpaired) electrons. The molecule has 1 aromatic rings. The fraction of sp³-hybridized carbons (Fsp3) is 0.143. The number of carbonyl (C=O) groups is 1. The molecule has 1 rings (SSSR count). The van der Waals surface area contributed by atoms with Crippen molar-refractivity contribution in [2.75, 3.05) is 0 Å². The van der Waals surface area contributed by atoms with Crippen molar-refractivity contribution in [2.45, 2.75) is 6.43 Å². The zero-order valence-corrected chi connectivity index (χ0v) is 8.25. The second kappa shape index (κ2) is 3.87. The van der Waals surface area contributed by atoms with Gasteiger partial charge in [-0.1, -0.05) is 0 Å². The van der Waals surface area contributed by atoms with Gasteiger partial charge in [-0.2, -0.15) is 0 Å². The van der Waals surface area contributed by atoms with E-state index in [2.05, 4.69) is 20.9 Å². The predicted octanol–water partition coefficient (Wildman–Crippen LogP) is 1.59. The number of halogens is 3. The molecule has 0 aromatic carbocycles. The predicted molar refractivity (Wildman–Crippen MR) is 47.1 cm³/mol. The first-order valence-corrected chi connectivity index (χ1v) is 4.19. The maximum atomic E-state index is 12.4. The molecule has 0 bridgehead atoms. The highest BCUT2D eigenvalue weighted by Gasteiger charge is 2.24. The van der Waals surface area contributed by atoms with Crippen LogP contribution in [0.25, 0.3) is 0 Å². The third-order valence-electron chi connectivity index (χ3n) is 1.51. The first-order valence-electron chi connectivity index (χ1n) is 3.40. The smallest absolute Gasteiger partial charge is 0.267 e. The summed E-state index contributed by atoms with van der Waals surface area (Å²) in [5, 5.41) is 9.12. The Morgan fingerprint density at radius 3 is 2.57 bits per heavy atom. The Balaban J connectivity index is 3.50. The van der Waals surface area contributed by atoms with Crippen LogP contribution in [0.15, 0.2) is 10.8 Å². The van der Waals surface area contributed by atoms with Gasteiger partial charge in [0.25, 0.3) is 12.3 Å². The van der Waals surface area contributed by atoms with Gasteiger partial charge in [0.1, 0.15) is 10.4 Å². The van der Waals surface area contributed by atoms with Crippen LogP contribution in [0.1, 0.15) is 22.3 Å². The molecule has 1 amide bonds. The normalized spacial score (nSPS) is 10.6. The summed E-state index contributed by atoms with van der Waals surface area (Å²) in [7, 11) is 0. The van der Waals surface area contributed by atoms with Crippen LogP contribution < -0.4 is 5.73 Å². The van der Waals surface area contributed by atoms with Gasteiger partial charge < -0.3 is 10.8 Å². The lowest BCUT2D eigenvalue weighted by atomic mass is 10.1. The van der Waals surface area contributed by atoms with Gasteiger partial charge in [-0.05, 0) is 15.9 Å². The summed E-state index contributed by atoms with van der Waals surface area (Å²) in [4.78, 5) is 14.2. The van der Waals surface area contributed by atoms with Crippen LogP contribution >= 0.6 is 15.9 Å². The van der Waals surface area contributed by atoms with E-state index in [4.69, 9.17) is 10.8 Å². The standard InChI is InChI=1S/C7H5BrF2N2O2/c8-5-4(6(9)10)3(7(11)14)2(13)1-12-5/h1,6,13H,(H2,11,14). The summed E-state index contributed by atoms with van der Waals surface area (Å²) in [6.07, 6.45) is -2.07. The number of nitrogens with zero attached hydrogens (tertiary/aromatic N) is 1. The van der Waals surface area contributed by atoms with Gasteiger partial charge in [-0.25, -0.2) is 13.8 Å². The number of amides is 1. The van der Waals surface area contributed by atoms with Crippen LogP contribution in [0, 0.1) is 0 Å². The topological polar surface area (TPSA) is 76.2 Å². The summed E-state index contributed by atoms with van der Waals surface area (Å²) < 4.78 is 24.7. The Bertz CT molecular complexity index is 384. The van der Waals surface area contributed by atoms with Crippen molar-refractivity contribution in [3.63, 3.8) is 0 Å². The number of primary amides is 1. The van der Waals surface area contributed by atoms with E-state index >= 15 is 0 Å². The molecule has 1 aromatic heterocycles. The number of pyridine rings is 1. The van der Waals surface area contributed by atoms with Crippen molar-refractivity contribution >= 4 is 21.8 Å². The Morgan fingerprint density at radius 2 is 2.21 bits per heavy atom. The molecule has 0 saturated carbocycles. The Hall–Kier alpha value is -1.24. The van der Waals surface area contributed by atoms with Crippen LogP contribution in [0.3, 0.4) is 0 Å². The minimum Gasteiger partial charge on any atom is -0.505 e. The minimum absolute atomic E-state index is 0.209. The van der Waals surface area contributed by atoms with Crippen molar-refractivity contribution in [2.24, 2.45) is 5.73 Å². The highest BCUT2D eigenvalue weighted by Crippen LogP contribution is 2.33. The Morgan fingerprint density at radius 1 is 1.64 bits per heavy atom. The molecule has 0 aliphatic heterocycles. The summed E-state index contributed by atoms with van der Waals surface area (Å²) in [6, 6.07) is 0. The second-order valence-corrected chi connectivity index (χ2v) is 3.14. The van der Waals surface area contributed by atoms with Gasteiger partial charge in [0, 0.05) is 0 Å². The number of aromatic nitrogens is 1. The zero-order chi connectivity index (χ0) is 10.9. The number of carbonyl (C=O) groups excluding carboxylic acids is 1. The van der Waals surface area contributed by atoms with Crippen molar-refractivity contribution in [1.29, 1.82) is 0 Å². The van der Waals surface area contributed by atoms with Gasteiger partial charge >= 0.3 is 0 Å². The molecule has 7 heteroatoms. The Labute approximate surface area is 85.9 Å². The maximum Gasteiger partial charge on any atom is 0.267 e. The van der Waals surface area contributed by atoms with Crippen LogP contribution in [0.4, 0.5) is 8.78 Å². The van der Waals surface area contributed by atoms with Crippen LogP contribution in [0.2, 0.25) is 0 Å². The van der Waals surface area contributed by atoms with E-state index in [1.54, 1.807) is 0 Å². The summed E-state index contributed by atoms with van der Waals surface area (Å²) in [5.74, 6) is -1.78. The van der Waals surface area contributed by atoms with E-state index in [0.29, 0.717) is 0 Å². The van der Waals surface area contributed by atoms with E-state index in [9.17, 15) is 13.6 Å². The molecule has 0 fully saturated rings. The summed E-state index contributed by atoms with van der Waals surface area (Å²) in [6.45, 7) is 0. The Kier molecular flexibility index (Phi) is 3.00. The molecule has 76 valence electrons. The van der Waals surface area contributed by atoms with Gasteiger partial charge in [-0.3, -0.25) is 4.79 Å². The molecule has 0 aliphatic rings. The monoisotopic (exact) mass is 266 g/mol. The van der Waals surface area contributed by atoms with E-state index in [-0.39, 0.29) is 4.60 Å². The molecule has 0 saturated heterocycles. The molecule has 14 heavy (non-hydrogen) atoms. The summed E-state index contributed by atoms with van der Waals surface area (Å²) in [5.41, 5.74) is 3.54. The molecule has 1 heterocycles. The highest BCUT2D eigenvalue weighted by atomic mass is 79.9. The fourth-order valence-electron chi connectivity index (χ4n) is 0.951. The molecular weight excluding hydrogens is 262 g/mol. The average molecular weight is 267 g/mol. The van der Waals surface area contributed by atoms with Gasteiger partial charge in [0.05, 0.1) is 17.3 Å². The van der Waals surface area contributed by atoms with Crippen LogP contribution in [0.5, 0.6) is 5.75 Å².